The molecule has 0 unspecified atom stereocenters. The van der Waals surface area contributed by atoms with E-state index in [1.807, 2.05) is 23.7 Å². The summed E-state index contributed by atoms with van der Waals surface area (Å²) >= 11 is 1.91. The van der Waals surface area contributed by atoms with Crippen LogP contribution in [-0.2, 0) is 9.54 Å². The number of likely N-dealkylation sites (N-methyl/N-ethyl adjacent to an activating group) is 1. The van der Waals surface area contributed by atoms with Crippen molar-refractivity contribution in [3.8, 4) is 0 Å². The van der Waals surface area contributed by atoms with E-state index in [9.17, 15) is 4.79 Å². The van der Waals surface area contributed by atoms with Crippen LogP contribution in [0.5, 0.6) is 0 Å². The molecule has 0 fully saturated rings. The van der Waals surface area contributed by atoms with Crippen LogP contribution in [0, 0.1) is 0 Å². The highest BCUT2D eigenvalue weighted by molar-refractivity contribution is 8.00. The quantitative estimate of drug-likeness (QED) is 0.325. The maximum atomic E-state index is 12.4. The van der Waals surface area contributed by atoms with E-state index in [-0.39, 0.29) is 10.5 Å². The predicted molar refractivity (Wildman–Crippen MR) is 132 cm³/mol. The van der Waals surface area contributed by atoms with Gasteiger partial charge in [0.2, 0.25) is 0 Å². The van der Waals surface area contributed by atoms with Crippen molar-refractivity contribution in [2.75, 3.05) is 32.4 Å². The van der Waals surface area contributed by atoms with Gasteiger partial charge in [-0.05, 0) is 35.9 Å². The zero-order chi connectivity index (χ0) is 21.9. The molecule has 4 heteroatoms. The lowest BCUT2D eigenvalue weighted by Gasteiger charge is -2.35. The van der Waals surface area contributed by atoms with E-state index in [4.69, 9.17) is 5.73 Å². The molecule has 0 amide bonds. The van der Waals surface area contributed by atoms with Gasteiger partial charge in [-0.25, -0.2) is 0 Å². The molecule has 0 aliphatic carbocycles. The first kappa shape index (κ1) is 23.3. The number of hydrogen-bond donors (Lipinski definition) is 1. The van der Waals surface area contributed by atoms with E-state index in [2.05, 4.69) is 91.0 Å². The Hall–Kier alpha value is -2.40. The van der Waals surface area contributed by atoms with Gasteiger partial charge in [-0.2, -0.15) is 0 Å². The number of nitrogens with two attached hydrogens (primary N) is 1. The van der Waals surface area contributed by atoms with Crippen molar-refractivity contribution in [3.05, 3.63) is 108 Å². The number of nitrogens with zero attached hydrogens (tertiary/aromatic N) is 1. The topological polar surface area (TPSA) is 46.3 Å². The van der Waals surface area contributed by atoms with Crippen LogP contribution in [0.3, 0.4) is 0 Å². The summed E-state index contributed by atoms with van der Waals surface area (Å²) in [6.45, 7) is 1.80. The fraction of sp³-hybridized carbons (Fsp3) is 0.296. The van der Waals surface area contributed by atoms with E-state index in [1.165, 1.54) is 16.7 Å². The molecule has 0 radical (unpaired) electrons. The molecule has 0 aliphatic heterocycles. The Morgan fingerprint density at radius 1 is 0.839 bits per heavy atom. The number of carbonyl (C=O) groups is 1. The summed E-state index contributed by atoms with van der Waals surface area (Å²) in [5, 5.41) is 0. The van der Waals surface area contributed by atoms with Gasteiger partial charge in [0.25, 0.3) is 0 Å². The van der Waals surface area contributed by atoms with E-state index < -0.39 is 0 Å². The van der Waals surface area contributed by atoms with Crippen molar-refractivity contribution in [2.45, 2.75) is 17.6 Å². The molecule has 3 aromatic carbocycles. The molecular weight excluding hydrogens is 400 g/mol. The van der Waals surface area contributed by atoms with Crippen LogP contribution in [0.4, 0.5) is 0 Å². The summed E-state index contributed by atoms with van der Waals surface area (Å²) in [6, 6.07) is 32.1. The Bertz CT molecular complexity index is 819. The average Bonchev–Trinajstić information content (AvgIpc) is 2.81. The maximum absolute atomic E-state index is 12.4. The van der Waals surface area contributed by atoms with Crippen molar-refractivity contribution in [1.29, 1.82) is 0 Å². The van der Waals surface area contributed by atoms with E-state index >= 15 is 0 Å². The third-order valence-corrected chi connectivity index (χ3v) is 7.05. The zero-order valence-electron chi connectivity index (χ0n) is 18.2. The van der Waals surface area contributed by atoms with Crippen molar-refractivity contribution >= 4 is 17.5 Å². The standard InChI is InChI=1S/C27H32N2OS/c1-29(20-19-28)22-26(30)18-11-21-31-27(23-12-5-2-6-13-23,24-14-7-3-8-15-24)25-16-9-4-10-17-25/h2-10,12-17H,11,18-22,28H2,1H3. The van der Waals surface area contributed by atoms with Gasteiger partial charge in [-0.1, -0.05) is 91.0 Å². The summed E-state index contributed by atoms with van der Waals surface area (Å²) in [6.07, 6.45) is 1.45. The fourth-order valence-corrected chi connectivity index (χ4v) is 5.45. The molecular formula is C27H32N2OS. The van der Waals surface area contributed by atoms with Gasteiger partial charge in [0.05, 0.1) is 11.3 Å². The average molecular weight is 433 g/mol. The third-order valence-electron chi connectivity index (χ3n) is 5.42. The van der Waals surface area contributed by atoms with Gasteiger partial charge in [-0.15, -0.1) is 11.8 Å². The third kappa shape index (κ3) is 6.07. The van der Waals surface area contributed by atoms with Gasteiger partial charge >= 0.3 is 0 Å². The van der Waals surface area contributed by atoms with Gasteiger partial charge < -0.3 is 5.73 Å². The summed E-state index contributed by atoms with van der Waals surface area (Å²) in [5.74, 6) is 1.17. The molecule has 2 N–H and O–H groups in total. The molecule has 3 rings (SSSR count). The van der Waals surface area contributed by atoms with Crippen molar-refractivity contribution in [1.82, 2.24) is 4.90 Å². The first-order chi connectivity index (χ1) is 15.2. The lowest BCUT2D eigenvalue weighted by Crippen LogP contribution is -2.30. The minimum Gasteiger partial charge on any atom is -0.329 e. The second-order valence-electron chi connectivity index (χ2n) is 7.80. The minimum absolute atomic E-state index is 0.279. The molecule has 0 spiro atoms. The zero-order valence-corrected chi connectivity index (χ0v) is 19.1. The molecule has 3 aromatic rings. The lowest BCUT2D eigenvalue weighted by atomic mass is 9.84. The van der Waals surface area contributed by atoms with Crippen molar-refractivity contribution < 1.29 is 4.79 Å². The van der Waals surface area contributed by atoms with E-state index in [0.29, 0.717) is 19.5 Å². The fourth-order valence-electron chi connectivity index (χ4n) is 3.94. The van der Waals surface area contributed by atoms with Crippen molar-refractivity contribution in [2.24, 2.45) is 5.73 Å². The highest BCUT2D eigenvalue weighted by Gasteiger charge is 2.36. The SMILES string of the molecule is CN(CCN)CC(=O)CCCSC(c1ccccc1)(c1ccccc1)c1ccccc1. The number of thioether (sulfide) groups is 1. The van der Waals surface area contributed by atoms with Crippen molar-refractivity contribution in [3.63, 3.8) is 0 Å². The first-order valence-electron chi connectivity index (χ1n) is 10.9. The highest BCUT2D eigenvalue weighted by Crippen LogP contribution is 2.48. The minimum atomic E-state index is -0.316. The number of carbonyl (C=O) groups excluding carboxylic acids is 1. The molecule has 0 atom stereocenters. The smallest absolute Gasteiger partial charge is 0.146 e. The van der Waals surface area contributed by atoms with Crippen LogP contribution in [0.2, 0.25) is 0 Å². The van der Waals surface area contributed by atoms with Gasteiger partial charge in [0.15, 0.2) is 0 Å². The molecule has 162 valence electrons. The molecule has 0 aliphatic rings. The van der Waals surface area contributed by atoms with Gasteiger partial charge in [0, 0.05) is 19.5 Å². The van der Waals surface area contributed by atoms with Crippen LogP contribution in [0.1, 0.15) is 29.5 Å². The van der Waals surface area contributed by atoms with Gasteiger partial charge in [0.1, 0.15) is 5.78 Å². The van der Waals surface area contributed by atoms with Crippen LogP contribution < -0.4 is 5.73 Å². The van der Waals surface area contributed by atoms with E-state index in [0.717, 1.165) is 18.7 Å². The predicted octanol–water partition coefficient (Wildman–Crippen LogP) is 4.95. The van der Waals surface area contributed by atoms with Crippen LogP contribution >= 0.6 is 11.8 Å². The summed E-state index contributed by atoms with van der Waals surface area (Å²) in [4.78, 5) is 14.4. The Kier molecular flexibility index (Phi) is 8.89. The van der Waals surface area contributed by atoms with Crippen LogP contribution in [-0.4, -0.2) is 43.1 Å². The Morgan fingerprint density at radius 2 is 1.29 bits per heavy atom. The monoisotopic (exact) mass is 432 g/mol. The Labute approximate surface area is 190 Å². The molecule has 31 heavy (non-hydrogen) atoms. The molecule has 3 nitrogen and oxygen atoms in total. The maximum Gasteiger partial charge on any atom is 0.146 e. The Balaban J connectivity index is 1.84. The first-order valence-corrected chi connectivity index (χ1v) is 11.9. The molecule has 0 aromatic heterocycles. The second kappa shape index (κ2) is 11.8. The van der Waals surface area contributed by atoms with Gasteiger partial charge in [-0.3, -0.25) is 9.69 Å². The number of Topliss-reactive ketones (excluding diaryl/α,β-unsaturated/α-hetero) is 1. The summed E-state index contributed by atoms with van der Waals surface area (Å²) in [7, 11) is 1.95. The lowest BCUT2D eigenvalue weighted by molar-refractivity contribution is -0.119. The van der Waals surface area contributed by atoms with Crippen LogP contribution in [0.25, 0.3) is 0 Å². The number of benzene rings is 3. The summed E-state index contributed by atoms with van der Waals surface area (Å²) < 4.78 is -0.316. The molecule has 0 saturated heterocycles. The number of ketones is 1. The second-order valence-corrected chi connectivity index (χ2v) is 9.11. The molecule has 0 saturated carbocycles. The molecule has 0 heterocycles. The number of hydrogen-bond acceptors (Lipinski definition) is 4. The summed E-state index contributed by atoms with van der Waals surface area (Å²) in [5.41, 5.74) is 9.35. The largest absolute Gasteiger partial charge is 0.329 e. The highest BCUT2D eigenvalue weighted by atomic mass is 32.2. The molecule has 0 bridgehead atoms. The number of rotatable bonds is 12. The Morgan fingerprint density at radius 3 is 1.71 bits per heavy atom. The van der Waals surface area contributed by atoms with E-state index in [1.54, 1.807) is 0 Å². The normalized spacial score (nSPS) is 11.6. The van der Waals surface area contributed by atoms with Crippen LogP contribution in [0.15, 0.2) is 91.0 Å².